The number of nitrogens with zero attached hydrogens (tertiary/aromatic N) is 1. The number of phenolic OH excluding ortho intramolecular Hbond substituents is 1. The molecule has 0 aliphatic rings. The molecule has 2 aromatic rings. The maximum atomic E-state index is 11.9. The van der Waals surface area contributed by atoms with Crippen molar-refractivity contribution in [1.82, 2.24) is 5.43 Å². The van der Waals surface area contributed by atoms with Gasteiger partial charge in [-0.1, -0.05) is 18.2 Å². The number of methoxy groups -OCH3 is 2. The van der Waals surface area contributed by atoms with Gasteiger partial charge in [0.2, 0.25) is 5.75 Å². The number of carbonyl (C=O) groups is 1. The largest absolute Gasteiger partial charge is 0.502 e. The lowest BCUT2D eigenvalue weighted by Crippen LogP contribution is -2.25. The Bertz CT molecular complexity index is 772. The van der Waals surface area contributed by atoms with Crippen molar-refractivity contribution in [2.75, 3.05) is 20.8 Å². The van der Waals surface area contributed by atoms with E-state index >= 15 is 0 Å². The summed E-state index contributed by atoms with van der Waals surface area (Å²) < 4.78 is 15.7. The maximum absolute atomic E-state index is 11.9. The SMILES string of the molecule is COc1cc(/C=N/NC(=O)COc2c(C)cccc2C)cc(OC)c1O. The Morgan fingerprint density at radius 1 is 1.15 bits per heavy atom. The van der Waals surface area contributed by atoms with Crippen molar-refractivity contribution in [2.45, 2.75) is 13.8 Å². The predicted molar refractivity (Wildman–Crippen MR) is 98.4 cm³/mol. The summed E-state index contributed by atoms with van der Waals surface area (Å²) >= 11 is 0. The molecule has 0 aliphatic carbocycles. The van der Waals surface area contributed by atoms with Gasteiger partial charge < -0.3 is 19.3 Å². The summed E-state index contributed by atoms with van der Waals surface area (Å²) in [6, 6.07) is 8.91. The van der Waals surface area contributed by atoms with Gasteiger partial charge in [-0.05, 0) is 37.1 Å². The average Bonchev–Trinajstić information content (AvgIpc) is 2.62. The lowest BCUT2D eigenvalue weighted by atomic mass is 10.1. The number of hydrogen-bond donors (Lipinski definition) is 2. The molecule has 0 saturated heterocycles. The van der Waals surface area contributed by atoms with Crippen molar-refractivity contribution in [3.63, 3.8) is 0 Å². The van der Waals surface area contributed by atoms with Gasteiger partial charge in [-0.2, -0.15) is 5.10 Å². The van der Waals surface area contributed by atoms with Crippen LogP contribution < -0.4 is 19.6 Å². The molecule has 0 unspecified atom stereocenters. The minimum absolute atomic E-state index is 0.0989. The molecule has 7 nitrogen and oxygen atoms in total. The normalized spacial score (nSPS) is 10.6. The van der Waals surface area contributed by atoms with Crippen molar-refractivity contribution in [2.24, 2.45) is 5.10 Å². The van der Waals surface area contributed by atoms with Crippen molar-refractivity contribution < 1.29 is 24.1 Å². The molecule has 0 spiro atoms. The van der Waals surface area contributed by atoms with Crippen LogP contribution in [0, 0.1) is 13.8 Å². The zero-order valence-corrected chi connectivity index (χ0v) is 15.2. The molecule has 0 aliphatic heterocycles. The molecule has 0 atom stereocenters. The molecular weight excluding hydrogens is 336 g/mol. The Hall–Kier alpha value is -3.22. The van der Waals surface area contributed by atoms with Gasteiger partial charge in [0.25, 0.3) is 5.91 Å². The summed E-state index contributed by atoms with van der Waals surface area (Å²) in [5.74, 6) is 0.699. The number of carbonyl (C=O) groups excluding carboxylic acids is 1. The van der Waals surface area contributed by atoms with E-state index in [1.54, 1.807) is 12.1 Å². The Balaban J connectivity index is 1.97. The summed E-state index contributed by atoms with van der Waals surface area (Å²) in [5, 5.41) is 13.8. The number of nitrogens with one attached hydrogen (secondary N) is 1. The molecule has 2 rings (SSSR count). The number of ether oxygens (including phenoxy) is 3. The fourth-order valence-electron chi connectivity index (χ4n) is 2.36. The number of hydrogen-bond acceptors (Lipinski definition) is 6. The third-order valence-corrected chi connectivity index (χ3v) is 3.66. The number of aromatic hydroxyl groups is 1. The summed E-state index contributed by atoms with van der Waals surface area (Å²) in [7, 11) is 2.87. The van der Waals surface area contributed by atoms with Gasteiger partial charge in [-0.3, -0.25) is 4.79 Å². The minimum atomic E-state index is -0.387. The van der Waals surface area contributed by atoms with Crippen molar-refractivity contribution in [3.05, 3.63) is 47.0 Å². The second-order valence-electron chi connectivity index (χ2n) is 5.58. The molecule has 26 heavy (non-hydrogen) atoms. The van der Waals surface area contributed by atoms with Gasteiger partial charge >= 0.3 is 0 Å². The van der Waals surface area contributed by atoms with Gasteiger partial charge in [-0.25, -0.2) is 5.43 Å². The van der Waals surface area contributed by atoms with Gasteiger partial charge in [0.05, 0.1) is 20.4 Å². The molecule has 7 heteroatoms. The van der Waals surface area contributed by atoms with E-state index in [-0.39, 0.29) is 29.8 Å². The Morgan fingerprint density at radius 2 is 1.73 bits per heavy atom. The second-order valence-corrected chi connectivity index (χ2v) is 5.58. The number of benzene rings is 2. The Kier molecular flexibility index (Phi) is 6.43. The second kappa shape index (κ2) is 8.75. The highest BCUT2D eigenvalue weighted by Crippen LogP contribution is 2.36. The Labute approximate surface area is 152 Å². The molecule has 0 radical (unpaired) electrons. The summed E-state index contributed by atoms with van der Waals surface area (Å²) in [6.45, 7) is 3.69. The Morgan fingerprint density at radius 3 is 2.27 bits per heavy atom. The van der Waals surface area contributed by atoms with Crippen LogP contribution in [0.25, 0.3) is 0 Å². The fraction of sp³-hybridized carbons (Fsp3) is 0.263. The average molecular weight is 358 g/mol. The topological polar surface area (TPSA) is 89.4 Å². The molecule has 2 N–H and O–H groups in total. The van der Waals surface area contributed by atoms with Crippen LogP contribution in [0.5, 0.6) is 23.0 Å². The molecule has 0 saturated carbocycles. The molecule has 0 bridgehead atoms. The van der Waals surface area contributed by atoms with E-state index < -0.39 is 0 Å². The minimum Gasteiger partial charge on any atom is -0.502 e. The standard InChI is InChI=1S/C19H22N2O5/c1-12-6-5-7-13(2)19(12)26-11-17(22)21-20-10-14-8-15(24-3)18(23)16(9-14)25-4/h5-10,23H,11H2,1-4H3,(H,21,22)/b20-10+. The maximum Gasteiger partial charge on any atom is 0.277 e. The van der Waals surface area contributed by atoms with E-state index in [4.69, 9.17) is 14.2 Å². The van der Waals surface area contributed by atoms with E-state index in [1.807, 2.05) is 32.0 Å². The van der Waals surface area contributed by atoms with Crippen LogP contribution in [-0.4, -0.2) is 38.1 Å². The highest BCUT2D eigenvalue weighted by Gasteiger charge is 2.10. The summed E-state index contributed by atoms with van der Waals surface area (Å²) in [4.78, 5) is 11.9. The number of phenols is 1. The molecule has 1 amide bonds. The molecule has 0 aromatic heterocycles. The van der Waals surface area contributed by atoms with Crippen LogP contribution in [0.2, 0.25) is 0 Å². The number of hydrazone groups is 1. The quantitative estimate of drug-likeness (QED) is 0.586. The first kappa shape index (κ1) is 19.1. The van der Waals surface area contributed by atoms with Gasteiger partial charge in [0.15, 0.2) is 18.1 Å². The van der Waals surface area contributed by atoms with Crippen LogP contribution in [0.1, 0.15) is 16.7 Å². The van der Waals surface area contributed by atoms with E-state index in [0.29, 0.717) is 11.3 Å². The third-order valence-electron chi connectivity index (χ3n) is 3.66. The number of rotatable bonds is 7. The highest BCUT2D eigenvalue weighted by atomic mass is 16.5. The van der Waals surface area contributed by atoms with E-state index in [9.17, 15) is 9.90 Å². The smallest absolute Gasteiger partial charge is 0.277 e. The molecule has 0 fully saturated rings. The van der Waals surface area contributed by atoms with Crippen LogP contribution in [0.15, 0.2) is 35.4 Å². The summed E-state index contributed by atoms with van der Waals surface area (Å²) in [5.41, 5.74) is 4.91. The molecule has 138 valence electrons. The third kappa shape index (κ3) is 4.66. The lowest BCUT2D eigenvalue weighted by molar-refractivity contribution is -0.123. The first-order chi connectivity index (χ1) is 12.5. The summed E-state index contributed by atoms with van der Waals surface area (Å²) in [6.07, 6.45) is 1.42. The predicted octanol–water partition coefficient (Wildman–Crippen LogP) is 2.56. The number of para-hydroxylation sites is 1. The van der Waals surface area contributed by atoms with Crippen LogP contribution in [0.3, 0.4) is 0 Å². The molecular formula is C19H22N2O5. The van der Waals surface area contributed by atoms with Crippen molar-refractivity contribution in [1.29, 1.82) is 0 Å². The number of amides is 1. The van der Waals surface area contributed by atoms with Crippen LogP contribution in [-0.2, 0) is 4.79 Å². The molecule has 2 aromatic carbocycles. The van der Waals surface area contributed by atoms with Crippen molar-refractivity contribution in [3.8, 4) is 23.0 Å². The van der Waals surface area contributed by atoms with Crippen LogP contribution >= 0.6 is 0 Å². The van der Waals surface area contributed by atoms with E-state index in [2.05, 4.69) is 10.5 Å². The first-order valence-corrected chi connectivity index (χ1v) is 7.92. The zero-order valence-electron chi connectivity index (χ0n) is 15.2. The monoisotopic (exact) mass is 358 g/mol. The lowest BCUT2D eigenvalue weighted by Gasteiger charge is -2.11. The first-order valence-electron chi connectivity index (χ1n) is 7.92. The van der Waals surface area contributed by atoms with Crippen molar-refractivity contribution >= 4 is 12.1 Å². The van der Waals surface area contributed by atoms with E-state index in [0.717, 1.165) is 11.1 Å². The molecule has 0 heterocycles. The fourth-order valence-corrected chi connectivity index (χ4v) is 2.36. The van der Waals surface area contributed by atoms with Gasteiger partial charge in [-0.15, -0.1) is 0 Å². The van der Waals surface area contributed by atoms with E-state index in [1.165, 1.54) is 20.4 Å². The van der Waals surface area contributed by atoms with Gasteiger partial charge in [0.1, 0.15) is 5.75 Å². The zero-order chi connectivity index (χ0) is 19.1. The number of aryl methyl sites for hydroxylation is 2. The van der Waals surface area contributed by atoms with Gasteiger partial charge in [0, 0.05) is 5.56 Å². The van der Waals surface area contributed by atoms with Crippen LogP contribution in [0.4, 0.5) is 0 Å². The highest BCUT2D eigenvalue weighted by molar-refractivity contribution is 5.84.